The van der Waals surface area contributed by atoms with Gasteiger partial charge in [-0.15, -0.1) is 0 Å². The van der Waals surface area contributed by atoms with E-state index in [0.29, 0.717) is 6.54 Å². The second kappa shape index (κ2) is 5.10. The van der Waals surface area contributed by atoms with Crippen molar-refractivity contribution in [1.82, 2.24) is 5.32 Å². The maximum Gasteiger partial charge on any atom is 0.307 e. The quantitative estimate of drug-likeness (QED) is 0.760. The van der Waals surface area contributed by atoms with Crippen molar-refractivity contribution in [2.24, 2.45) is 23.7 Å². The normalized spacial score (nSPS) is 36.6. The molecule has 2 fully saturated rings. The van der Waals surface area contributed by atoms with E-state index in [4.69, 9.17) is 0 Å². The van der Waals surface area contributed by atoms with Gasteiger partial charge in [-0.3, -0.25) is 9.59 Å². The van der Waals surface area contributed by atoms with Gasteiger partial charge in [0.1, 0.15) is 0 Å². The van der Waals surface area contributed by atoms with Gasteiger partial charge in [0, 0.05) is 11.3 Å². The number of thioether (sulfide) groups is 1. The predicted octanol–water partition coefficient (Wildman–Crippen LogP) is 1.91. The van der Waals surface area contributed by atoms with Crippen LogP contribution in [0, 0.1) is 23.7 Å². The molecule has 4 atom stereocenters. The summed E-state index contributed by atoms with van der Waals surface area (Å²) in [5.74, 6) is -1.63. The average Bonchev–Trinajstić information content (AvgIpc) is 2.97. The van der Waals surface area contributed by atoms with Gasteiger partial charge in [-0.2, -0.15) is 11.8 Å². The number of aliphatic carboxylic acids is 1. The van der Waals surface area contributed by atoms with Gasteiger partial charge < -0.3 is 10.4 Å². The molecule has 0 aromatic heterocycles. The summed E-state index contributed by atoms with van der Waals surface area (Å²) in [6.07, 6.45) is 10.4. The summed E-state index contributed by atoms with van der Waals surface area (Å²) in [6.45, 7) is 0.678. The fraction of sp³-hybridized carbons (Fsp3) is 0.733. The number of hydrogen-bond donors (Lipinski definition) is 2. The number of nitrogens with one attached hydrogen (secondary N) is 1. The number of amides is 1. The Morgan fingerprint density at radius 1 is 1.30 bits per heavy atom. The van der Waals surface area contributed by atoms with Crippen molar-refractivity contribution in [3.63, 3.8) is 0 Å². The van der Waals surface area contributed by atoms with Crippen LogP contribution < -0.4 is 5.32 Å². The number of carboxylic acids is 1. The first-order chi connectivity index (χ1) is 9.56. The fourth-order valence-electron chi connectivity index (χ4n) is 3.91. The van der Waals surface area contributed by atoms with Gasteiger partial charge in [-0.05, 0) is 37.4 Å². The Bertz CT molecular complexity index is 453. The number of carboxylic acid groups (broad SMARTS) is 1. The number of fused-ring (bicyclic) bond motifs is 2. The van der Waals surface area contributed by atoms with E-state index in [9.17, 15) is 14.7 Å². The van der Waals surface area contributed by atoms with Crippen molar-refractivity contribution < 1.29 is 14.7 Å². The lowest BCUT2D eigenvalue weighted by atomic mass is 9.81. The van der Waals surface area contributed by atoms with E-state index >= 15 is 0 Å². The number of carbonyl (C=O) groups is 2. The van der Waals surface area contributed by atoms with Crippen LogP contribution in [0.5, 0.6) is 0 Å². The Morgan fingerprint density at radius 3 is 2.45 bits per heavy atom. The third-order valence-corrected chi connectivity index (χ3v) is 6.75. The summed E-state index contributed by atoms with van der Waals surface area (Å²) in [5.41, 5.74) is 0. The first-order valence-corrected chi connectivity index (χ1v) is 8.53. The molecule has 4 nitrogen and oxygen atoms in total. The molecule has 0 spiro atoms. The van der Waals surface area contributed by atoms with Crippen LogP contribution in [0.3, 0.4) is 0 Å². The molecule has 0 heterocycles. The maximum atomic E-state index is 12.4. The molecule has 0 aliphatic heterocycles. The Balaban J connectivity index is 1.64. The van der Waals surface area contributed by atoms with Crippen LogP contribution in [0.25, 0.3) is 0 Å². The van der Waals surface area contributed by atoms with E-state index in [1.807, 2.05) is 23.9 Å². The molecule has 1 amide bonds. The standard InChI is InChI=1S/C15H21NO3S/c1-20-15(5-2-6-15)8-16-13(17)11-9-3-4-10(7-9)12(11)14(18)19/h3-4,9-12H,2,5-8H2,1H3,(H,16,17)(H,18,19)/t9?,10?,11-,12+/m0/s1. The predicted molar refractivity (Wildman–Crippen MR) is 78.5 cm³/mol. The summed E-state index contributed by atoms with van der Waals surface area (Å²) >= 11 is 1.82. The molecule has 20 heavy (non-hydrogen) atoms. The zero-order valence-electron chi connectivity index (χ0n) is 11.7. The molecule has 5 heteroatoms. The summed E-state index contributed by atoms with van der Waals surface area (Å²) < 4.78 is 0.196. The minimum atomic E-state index is -0.828. The lowest BCUT2D eigenvalue weighted by Crippen LogP contribution is -2.48. The topological polar surface area (TPSA) is 66.4 Å². The highest BCUT2D eigenvalue weighted by Gasteiger charge is 2.51. The lowest BCUT2D eigenvalue weighted by molar-refractivity contribution is -0.147. The molecule has 0 aromatic carbocycles. The van der Waals surface area contributed by atoms with Crippen molar-refractivity contribution in [1.29, 1.82) is 0 Å². The van der Waals surface area contributed by atoms with Crippen LogP contribution in [0.4, 0.5) is 0 Å². The van der Waals surface area contributed by atoms with Gasteiger partial charge in [0.05, 0.1) is 11.8 Å². The van der Waals surface area contributed by atoms with Gasteiger partial charge in [0.25, 0.3) is 0 Å². The molecule has 3 aliphatic carbocycles. The number of carbonyl (C=O) groups excluding carboxylic acids is 1. The molecule has 2 N–H and O–H groups in total. The average molecular weight is 295 g/mol. The number of allylic oxidation sites excluding steroid dienone is 2. The van der Waals surface area contributed by atoms with E-state index in [1.54, 1.807) is 0 Å². The Labute approximate surface area is 123 Å². The molecule has 0 radical (unpaired) electrons. The van der Waals surface area contributed by atoms with Crippen molar-refractivity contribution in [3.05, 3.63) is 12.2 Å². The Kier molecular flexibility index (Phi) is 3.56. The molecule has 110 valence electrons. The molecule has 2 bridgehead atoms. The molecular formula is C15H21NO3S. The van der Waals surface area contributed by atoms with E-state index in [2.05, 4.69) is 11.6 Å². The summed E-state index contributed by atoms with van der Waals surface area (Å²) in [5, 5.41) is 12.4. The van der Waals surface area contributed by atoms with Gasteiger partial charge >= 0.3 is 5.97 Å². The van der Waals surface area contributed by atoms with Crippen LogP contribution in [0.15, 0.2) is 12.2 Å². The van der Waals surface area contributed by atoms with E-state index in [-0.39, 0.29) is 28.4 Å². The highest BCUT2D eigenvalue weighted by atomic mass is 32.2. The number of hydrogen-bond acceptors (Lipinski definition) is 3. The van der Waals surface area contributed by atoms with Gasteiger partial charge in [0.2, 0.25) is 5.91 Å². The molecule has 0 aromatic rings. The molecule has 0 saturated heterocycles. The second-order valence-corrected chi connectivity index (χ2v) is 7.57. The fourth-order valence-corrected chi connectivity index (χ4v) is 4.82. The van der Waals surface area contributed by atoms with Crippen molar-refractivity contribution in [2.75, 3.05) is 12.8 Å². The van der Waals surface area contributed by atoms with E-state index in [1.165, 1.54) is 6.42 Å². The zero-order chi connectivity index (χ0) is 14.3. The summed E-state index contributed by atoms with van der Waals surface area (Å²) in [7, 11) is 0. The highest BCUT2D eigenvalue weighted by molar-refractivity contribution is 8.00. The molecule has 2 saturated carbocycles. The van der Waals surface area contributed by atoms with Gasteiger partial charge in [-0.25, -0.2) is 0 Å². The minimum absolute atomic E-state index is 0.0477. The van der Waals surface area contributed by atoms with Crippen LogP contribution in [-0.2, 0) is 9.59 Å². The third-order valence-electron chi connectivity index (χ3n) is 5.33. The van der Waals surface area contributed by atoms with Crippen molar-refractivity contribution in [3.8, 4) is 0 Å². The second-order valence-electron chi connectivity index (χ2n) is 6.30. The number of rotatable bonds is 5. The maximum absolute atomic E-state index is 12.4. The minimum Gasteiger partial charge on any atom is -0.481 e. The van der Waals surface area contributed by atoms with E-state index in [0.717, 1.165) is 19.3 Å². The smallest absolute Gasteiger partial charge is 0.307 e. The molecule has 3 rings (SSSR count). The van der Waals surface area contributed by atoms with Crippen LogP contribution in [-0.4, -0.2) is 34.5 Å². The van der Waals surface area contributed by atoms with Crippen molar-refractivity contribution in [2.45, 2.75) is 30.4 Å². The van der Waals surface area contributed by atoms with Gasteiger partial charge in [0.15, 0.2) is 0 Å². The molecular weight excluding hydrogens is 274 g/mol. The first kappa shape index (κ1) is 14.0. The molecule has 2 unspecified atom stereocenters. The van der Waals surface area contributed by atoms with E-state index < -0.39 is 11.9 Å². The third kappa shape index (κ3) is 2.16. The SMILES string of the molecule is CSC1(CNC(=O)[C@H]2C3C=CC(C3)[C@H]2C(=O)O)CCC1. The lowest BCUT2D eigenvalue weighted by Gasteiger charge is -2.41. The van der Waals surface area contributed by atoms with Crippen LogP contribution in [0.2, 0.25) is 0 Å². The summed E-state index contributed by atoms with van der Waals surface area (Å²) in [6, 6.07) is 0. The Morgan fingerprint density at radius 2 is 1.95 bits per heavy atom. The zero-order valence-corrected chi connectivity index (χ0v) is 12.5. The van der Waals surface area contributed by atoms with Crippen LogP contribution >= 0.6 is 11.8 Å². The first-order valence-electron chi connectivity index (χ1n) is 7.30. The largest absolute Gasteiger partial charge is 0.481 e. The van der Waals surface area contributed by atoms with Crippen LogP contribution in [0.1, 0.15) is 25.7 Å². The van der Waals surface area contributed by atoms with Crippen molar-refractivity contribution >= 4 is 23.6 Å². The van der Waals surface area contributed by atoms with Gasteiger partial charge in [-0.1, -0.05) is 18.6 Å². The molecule has 3 aliphatic rings. The highest BCUT2D eigenvalue weighted by Crippen LogP contribution is 2.48. The monoisotopic (exact) mass is 295 g/mol. The Hall–Kier alpha value is -0.970. The summed E-state index contributed by atoms with van der Waals surface area (Å²) in [4.78, 5) is 23.8.